The SMILES string of the molecule is O=C(Cc1ccncn1)c1ccc2oc(=O)[nH]c2c1. The smallest absolute Gasteiger partial charge is 0.408 e. The van der Waals surface area contributed by atoms with Gasteiger partial charge in [-0.1, -0.05) is 0 Å². The zero-order chi connectivity index (χ0) is 13.2. The number of carbonyl (C=O) groups is 1. The molecule has 6 heteroatoms. The molecule has 1 N–H and O–H groups in total. The van der Waals surface area contributed by atoms with E-state index >= 15 is 0 Å². The van der Waals surface area contributed by atoms with Gasteiger partial charge in [0.15, 0.2) is 11.4 Å². The van der Waals surface area contributed by atoms with Gasteiger partial charge in [0.05, 0.1) is 17.6 Å². The molecule has 0 aliphatic carbocycles. The number of carbonyl (C=O) groups excluding carboxylic acids is 1. The van der Waals surface area contributed by atoms with Gasteiger partial charge in [0, 0.05) is 11.8 Å². The van der Waals surface area contributed by atoms with E-state index < -0.39 is 5.76 Å². The number of Topliss-reactive ketones (excluding diaryl/α,β-unsaturated/α-hetero) is 1. The number of benzene rings is 1. The summed E-state index contributed by atoms with van der Waals surface area (Å²) in [5.74, 6) is -0.613. The maximum Gasteiger partial charge on any atom is 0.417 e. The Kier molecular flexibility index (Phi) is 2.68. The Morgan fingerprint density at radius 3 is 3.00 bits per heavy atom. The topological polar surface area (TPSA) is 88.8 Å². The third kappa shape index (κ3) is 2.28. The molecule has 0 bridgehead atoms. The van der Waals surface area contributed by atoms with Crippen molar-refractivity contribution in [3.8, 4) is 0 Å². The molecule has 2 aromatic heterocycles. The predicted molar refractivity (Wildman–Crippen MR) is 66.9 cm³/mol. The maximum atomic E-state index is 12.1. The molecule has 2 heterocycles. The lowest BCUT2D eigenvalue weighted by Crippen LogP contribution is -2.05. The minimum atomic E-state index is -0.532. The van der Waals surface area contributed by atoms with Crippen LogP contribution in [0, 0.1) is 0 Å². The summed E-state index contributed by atoms with van der Waals surface area (Å²) in [6.07, 6.45) is 3.18. The fourth-order valence-corrected chi connectivity index (χ4v) is 1.81. The molecule has 0 amide bonds. The van der Waals surface area contributed by atoms with Gasteiger partial charge in [-0.25, -0.2) is 14.8 Å². The van der Waals surface area contributed by atoms with Crippen LogP contribution in [0.3, 0.4) is 0 Å². The van der Waals surface area contributed by atoms with Gasteiger partial charge in [-0.2, -0.15) is 0 Å². The molecular weight excluding hydrogens is 246 g/mol. The molecule has 0 spiro atoms. The molecule has 0 unspecified atom stereocenters. The highest BCUT2D eigenvalue weighted by molar-refractivity contribution is 5.99. The van der Waals surface area contributed by atoms with E-state index in [4.69, 9.17) is 4.42 Å². The molecule has 94 valence electrons. The number of rotatable bonds is 3. The van der Waals surface area contributed by atoms with Gasteiger partial charge in [0.2, 0.25) is 0 Å². The summed E-state index contributed by atoms with van der Waals surface area (Å²) in [6.45, 7) is 0. The van der Waals surface area contributed by atoms with Crippen molar-refractivity contribution in [1.82, 2.24) is 15.0 Å². The second-order valence-electron chi connectivity index (χ2n) is 4.03. The lowest BCUT2D eigenvalue weighted by molar-refractivity contribution is 0.0992. The summed E-state index contributed by atoms with van der Waals surface area (Å²) in [5, 5.41) is 0. The van der Waals surface area contributed by atoms with Crippen LogP contribution in [0.5, 0.6) is 0 Å². The quantitative estimate of drug-likeness (QED) is 0.713. The van der Waals surface area contributed by atoms with E-state index in [0.717, 1.165) is 0 Å². The fraction of sp³-hybridized carbons (Fsp3) is 0.0769. The zero-order valence-electron chi connectivity index (χ0n) is 9.79. The first kappa shape index (κ1) is 11.3. The summed E-state index contributed by atoms with van der Waals surface area (Å²) in [7, 11) is 0. The monoisotopic (exact) mass is 255 g/mol. The highest BCUT2D eigenvalue weighted by atomic mass is 16.4. The van der Waals surface area contributed by atoms with Gasteiger partial charge < -0.3 is 4.42 Å². The number of ketones is 1. The molecule has 0 aliphatic heterocycles. The summed E-state index contributed by atoms with van der Waals surface area (Å²) < 4.78 is 4.88. The molecule has 6 nitrogen and oxygen atoms in total. The minimum absolute atomic E-state index is 0.0809. The molecule has 0 aliphatic rings. The number of H-pyrrole nitrogens is 1. The van der Waals surface area contributed by atoms with Crippen LogP contribution >= 0.6 is 0 Å². The van der Waals surface area contributed by atoms with Crippen molar-refractivity contribution in [3.05, 3.63) is 58.6 Å². The van der Waals surface area contributed by atoms with Crippen molar-refractivity contribution in [1.29, 1.82) is 0 Å². The average molecular weight is 255 g/mol. The van der Waals surface area contributed by atoms with Crippen LogP contribution < -0.4 is 5.76 Å². The van der Waals surface area contributed by atoms with E-state index in [1.54, 1.807) is 30.5 Å². The van der Waals surface area contributed by atoms with Gasteiger partial charge in [0.25, 0.3) is 0 Å². The van der Waals surface area contributed by atoms with E-state index in [-0.39, 0.29) is 12.2 Å². The van der Waals surface area contributed by atoms with Gasteiger partial charge in [-0.15, -0.1) is 0 Å². The Morgan fingerprint density at radius 1 is 1.32 bits per heavy atom. The Hall–Kier alpha value is -2.76. The van der Waals surface area contributed by atoms with Crippen molar-refractivity contribution < 1.29 is 9.21 Å². The highest BCUT2D eigenvalue weighted by Crippen LogP contribution is 2.13. The van der Waals surface area contributed by atoms with Gasteiger partial charge in [0.1, 0.15) is 6.33 Å². The van der Waals surface area contributed by atoms with Crippen LogP contribution in [0.15, 0.2) is 46.0 Å². The van der Waals surface area contributed by atoms with E-state index in [1.807, 2.05) is 0 Å². The average Bonchev–Trinajstić information content (AvgIpc) is 2.78. The predicted octanol–water partition coefficient (Wildman–Crippen LogP) is 1.34. The summed E-state index contributed by atoms with van der Waals surface area (Å²) >= 11 is 0. The maximum absolute atomic E-state index is 12.1. The molecule has 3 aromatic rings. The lowest BCUT2D eigenvalue weighted by Gasteiger charge is -2.00. The summed E-state index contributed by atoms with van der Waals surface area (Å²) in [5.41, 5.74) is 2.10. The first-order valence-corrected chi connectivity index (χ1v) is 5.63. The largest absolute Gasteiger partial charge is 0.417 e. The Morgan fingerprint density at radius 2 is 2.21 bits per heavy atom. The van der Waals surface area contributed by atoms with Crippen molar-refractivity contribution in [2.24, 2.45) is 0 Å². The number of aromatic amines is 1. The number of nitrogens with one attached hydrogen (secondary N) is 1. The molecule has 0 saturated heterocycles. The fourth-order valence-electron chi connectivity index (χ4n) is 1.81. The first-order valence-electron chi connectivity index (χ1n) is 5.63. The molecular formula is C13H9N3O3. The minimum Gasteiger partial charge on any atom is -0.408 e. The van der Waals surface area contributed by atoms with Crippen molar-refractivity contribution >= 4 is 16.9 Å². The summed E-state index contributed by atoms with van der Waals surface area (Å²) in [6, 6.07) is 6.52. The summed E-state index contributed by atoms with van der Waals surface area (Å²) in [4.78, 5) is 33.4. The van der Waals surface area contributed by atoms with Crippen LogP contribution in [-0.4, -0.2) is 20.7 Å². The second kappa shape index (κ2) is 4.49. The van der Waals surface area contributed by atoms with Gasteiger partial charge in [-0.3, -0.25) is 9.78 Å². The second-order valence-corrected chi connectivity index (χ2v) is 4.03. The highest BCUT2D eigenvalue weighted by Gasteiger charge is 2.10. The van der Waals surface area contributed by atoms with Gasteiger partial charge >= 0.3 is 5.76 Å². The molecule has 19 heavy (non-hydrogen) atoms. The molecule has 0 atom stereocenters. The Labute approximate surface area is 107 Å². The molecule has 0 fully saturated rings. The van der Waals surface area contributed by atoms with Crippen molar-refractivity contribution in [2.45, 2.75) is 6.42 Å². The van der Waals surface area contributed by atoms with E-state index in [1.165, 1.54) is 6.33 Å². The van der Waals surface area contributed by atoms with Crippen LogP contribution in [0.4, 0.5) is 0 Å². The number of aromatic nitrogens is 3. The van der Waals surface area contributed by atoms with Crippen LogP contribution in [-0.2, 0) is 6.42 Å². The van der Waals surface area contributed by atoms with Crippen molar-refractivity contribution in [2.75, 3.05) is 0 Å². The number of fused-ring (bicyclic) bond motifs is 1. The molecule has 1 aromatic carbocycles. The molecule has 0 saturated carbocycles. The Bertz CT molecular complexity index is 790. The number of hydrogen-bond acceptors (Lipinski definition) is 5. The van der Waals surface area contributed by atoms with Crippen LogP contribution in [0.1, 0.15) is 16.1 Å². The van der Waals surface area contributed by atoms with Crippen molar-refractivity contribution in [3.63, 3.8) is 0 Å². The molecule has 3 rings (SSSR count). The number of nitrogens with zero attached hydrogens (tertiary/aromatic N) is 2. The Balaban J connectivity index is 1.91. The standard InChI is InChI=1S/C13H9N3O3/c17-11(6-9-3-4-14-7-15-9)8-1-2-12-10(5-8)16-13(18)19-12/h1-5,7H,6H2,(H,16,18). The van der Waals surface area contributed by atoms with E-state index in [0.29, 0.717) is 22.4 Å². The van der Waals surface area contributed by atoms with E-state index in [9.17, 15) is 9.59 Å². The normalized spacial score (nSPS) is 10.7. The third-order valence-corrected chi connectivity index (χ3v) is 2.73. The van der Waals surface area contributed by atoms with Crippen LogP contribution in [0.25, 0.3) is 11.1 Å². The van der Waals surface area contributed by atoms with Gasteiger partial charge in [-0.05, 0) is 24.3 Å². The first-order chi connectivity index (χ1) is 9.22. The lowest BCUT2D eigenvalue weighted by atomic mass is 10.1. The number of oxazole rings is 1. The molecule has 0 radical (unpaired) electrons. The van der Waals surface area contributed by atoms with Crippen LogP contribution in [0.2, 0.25) is 0 Å². The third-order valence-electron chi connectivity index (χ3n) is 2.73. The number of hydrogen-bond donors (Lipinski definition) is 1. The van der Waals surface area contributed by atoms with E-state index in [2.05, 4.69) is 15.0 Å². The zero-order valence-corrected chi connectivity index (χ0v) is 9.79.